The molecule has 226 valence electrons. The first-order valence-electron chi connectivity index (χ1n) is 14.2. The van der Waals surface area contributed by atoms with Crippen molar-refractivity contribution in [2.75, 3.05) is 7.11 Å². The molecule has 0 radical (unpaired) electrons. The van der Waals surface area contributed by atoms with Crippen LogP contribution in [0.25, 0.3) is 11.0 Å². The molecule has 0 aliphatic carbocycles. The van der Waals surface area contributed by atoms with Crippen LogP contribution in [-0.2, 0) is 6.61 Å². The Morgan fingerprint density at radius 1 is 0.978 bits per heavy atom. The third-order valence-corrected chi connectivity index (χ3v) is 8.29. The second kappa shape index (κ2) is 11.9. The first kappa shape index (κ1) is 29.7. The lowest BCUT2D eigenvalue weighted by atomic mass is 9.83. The van der Waals surface area contributed by atoms with Crippen molar-refractivity contribution in [1.82, 2.24) is 0 Å². The number of nitriles is 1. The largest absolute Gasteiger partial charge is 0.493 e. The molecule has 1 aliphatic rings. The number of fused-ring (bicyclic) bond motifs is 2. The highest BCUT2D eigenvalue weighted by molar-refractivity contribution is 6.30. The lowest BCUT2D eigenvalue weighted by Crippen LogP contribution is -2.21. The number of benzene rings is 4. The summed E-state index contributed by atoms with van der Waals surface area (Å²) in [4.78, 5) is 13.2. The number of ether oxygens (including phenoxy) is 4. The highest BCUT2D eigenvalue weighted by Crippen LogP contribution is 2.45. The van der Waals surface area contributed by atoms with E-state index in [1.165, 1.54) is 0 Å². The lowest BCUT2D eigenvalue weighted by Gasteiger charge is -2.27. The minimum atomic E-state index is -0.631. The Morgan fingerprint density at radius 3 is 2.49 bits per heavy atom. The van der Waals surface area contributed by atoms with Gasteiger partial charge in [-0.2, -0.15) is 5.26 Å². The first-order chi connectivity index (χ1) is 21.7. The van der Waals surface area contributed by atoms with E-state index in [4.69, 9.17) is 40.7 Å². The number of nitrogens with two attached hydrogens (primary N) is 1. The molecule has 0 bridgehead atoms. The molecule has 45 heavy (non-hydrogen) atoms. The van der Waals surface area contributed by atoms with E-state index in [0.29, 0.717) is 45.6 Å². The van der Waals surface area contributed by atoms with E-state index in [2.05, 4.69) is 6.07 Å². The number of methoxy groups -OCH3 is 1. The van der Waals surface area contributed by atoms with Gasteiger partial charge in [0.2, 0.25) is 11.6 Å². The average Bonchev–Trinajstić information content (AvgIpc) is 3.38. The topological polar surface area (TPSA) is 117 Å². The number of hydrogen-bond donors (Lipinski definition) is 1. The summed E-state index contributed by atoms with van der Waals surface area (Å²) in [7, 11) is 1.55. The maximum atomic E-state index is 13.2. The van der Waals surface area contributed by atoms with Crippen LogP contribution < -0.4 is 24.7 Å². The molecule has 8 nitrogen and oxygen atoms in total. The van der Waals surface area contributed by atoms with Crippen LogP contribution in [0.2, 0.25) is 5.02 Å². The van der Waals surface area contributed by atoms with Crippen molar-refractivity contribution >= 4 is 28.5 Å². The number of allylic oxidation sites excluding steroid dienone is 1. The van der Waals surface area contributed by atoms with Gasteiger partial charge in [-0.15, -0.1) is 0 Å². The van der Waals surface area contributed by atoms with Crippen LogP contribution in [0.5, 0.6) is 23.0 Å². The number of nitrogens with zero attached hydrogens (tertiary/aromatic N) is 1. The molecule has 1 atom stereocenters. The molecule has 5 aromatic rings. The molecule has 1 aliphatic heterocycles. The summed E-state index contributed by atoms with van der Waals surface area (Å²) in [6, 6.07) is 23.9. The zero-order chi connectivity index (χ0) is 31.8. The molecule has 4 aromatic carbocycles. The molecule has 1 aromatic heterocycles. The Bertz CT molecular complexity index is 2040. The molecule has 6 rings (SSSR count). The molecular weight excluding hydrogens is 592 g/mol. The van der Waals surface area contributed by atoms with Crippen molar-refractivity contribution in [3.8, 4) is 29.1 Å². The zero-order valence-corrected chi connectivity index (χ0v) is 25.8. The monoisotopic (exact) mass is 620 g/mol. The average molecular weight is 621 g/mol. The zero-order valence-electron chi connectivity index (χ0n) is 25.1. The number of carbonyl (C=O) groups excluding carboxylic acids is 1. The molecule has 2 heterocycles. The number of hydrogen-bond acceptors (Lipinski definition) is 8. The molecule has 0 spiro atoms. The van der Waals surface area contributed by atoms with Gasteiger partial charge in [0.15, 0.2) is 11.5 Å². The maximum absolute atomic E-state index is 13.2. The third-order valence-electron chi connectivity index (χ3n) is 8.04. The smallest absolute Gasteiger partial charge is 0.379 e. The van der Waals surface area contributed by atoms with Gasteiger partial charge in [0, 0.05) is 27.6 Å². The number of carbonyl (C=O) groups is 1. The Labute approximate surface area is 265 Å². The number of halogens is 1. The van der Waals surface area contributed by atoms with Crippen LogP contribution in [0.15, 0.2) is 88.7 Å². The fourth-order valence-electron chi connectivity index (χ4n) is 5.43. The SMILES string of the molecule is COc1cc(C2C(C#N)=C(N)Oc3cc(OC(=O)c4oc5c(C)c(C)ccc5c4C)ccc32)ccc1OCc1ccc(Cl)cc1. The summed E-state index contributed by atoms with van der Waals surface area (Å²) in [5.41, 5.74) is 12.2. The van der Waals surface area contributed by atoms with Crippen LogP contribution in [0.1, 0.15) is 49.9 Å². The van der Waals surface area contributed by atoms with Gasteiger partial charge in [-0.3, -0.25) is 0 Å². The van der Waals surface area contributed by atoms with E-state index in [1.54, 1.807) is 43.5 Å². The Balaban J connectivity index is 1.28. The van der Waals surface area contributed by atoms with Gasteiger partial charge in [0.25, 0.3) is 0 Å². The summed E-state index contributed by atoms with van der Waals surface area (Å²) in [5.74, 6) is 0.514. The lowest BCUT2D eigenvalue weighted by molar-refractivity contribution is 0.0702. The fourth-order valence-corrected chi connectivity index (χ4v) is 5.56. The number of aryl methyl sites for hydroxylation is 3. The summed E-state index contributed by atoms with van der Waals surface area (Å²) < 4.78 is 29.2. The van der Waals surface area contributed by atoms with E-state index in [1.807, 2.05) is 57.2 Å². The van der Waals surface area contributed by atoms with Crippen LogP contribution in [0.4, 0.5) is 0 Å². The molecule has 9 heteroatoms. The van der Waals surface area contributed by atoms with Crippen molar-refractivity contribution < 1.29 is 28.2 Å². The van der Waals surface area contributed by atoms with Gasteiger partial charge in [0.05, 0.1) is 13.0 Å². The van der Waals surface area contributed by atoms with E-state index < -0.39 is 11.9 Å². The quantitative estimate of drug-likeness (QED) is 0.143. The Hall–Kier alpha value is -5.39. The van der Waals surface area contributed by atoms with Crippen LogP contribution in [-0.4, -0.2) is 13.1 Å². The van der Waals surface area contributed by atoms with Crippen molar-refractivity contribution in [2.45, 2.75) is 33.3 Å². The number of esters is 1. The van der Waals surface area contributed by atoms with Crippen LogP contribution in [0, 0.1) is 32.1 Å². The molecule has 0 fully saturated rings. The summed E-state index contributed by atoms with van der Waals surface area (Å²) in [5, 5.41) is 11.5. The predicted octanol–water partition coefficient (Wildman–Crippen LogP) is 8.04. The number of rotatable bonds is 7. The van der Waals surface area contributed by atoms with Gasteiger partial charge >= 0.3 is 5.97 Å². The van der Waals surface area contributed by atoms with E-state index >= 15 is 0 Å². The minimum Gasteiger partial charge on any atom is -0.493 e. The predicted molar refractivity (Wildman–Crippen MR) is 170 cm³/mol. The third kappa shape index (κ3) is 5.54. The van der Waals surface area contributed by atoms with Crippen LogP contribution in [0.3, 0.4) is 0 Å². The second-order valence-electron chi connectivity index (χ2n) is 10.8. The van der Waals surface area contributed by atoms with Gasteiger partial charge in [-0.25, -0.2) is 4.79 Å². The molecule has 2 N–H and O–H groups in total. The second-order valence-corrected chi connectivity index (χ2v) is 11.2. The summed E-state index contributed by atoms with van der Waals surface area (Å²) >= 11 is 5.99. The Morgan fingerprint density at radius 2 is 1.76 bits per heavy atom. The standard InChI is InChI=1S/C36H29ClN2O6/c1-19-5-12-26-21(3)34(45-33(26)20(19)2)36(40)43-25-11-13-27-30(16-25)44-35(39)28(17-38)32(27)23-8-14-29(31(15-23)41-4)42-18-22-6-9-24(37)10-7-22/h5-16,32H,18,39H2,1-4H3. The van der Waals surface area contributed by atoms with Crippen molar-refractivity contribution in [1.29, 1.82) is 5.26 Å². The molecular formula is C36H29ClN2O6. The number of furan rings is 1. The highest BCUT2D eigenvalue weighted by Gasteiger charge is 2.32. The molecule has 0 amide bonds. The molecule has 0 saturated carbocycles. The van der Waals surface area contributed by atoms with Crippen molar-refractivity contribution in [3.05, 3.63) is 128 Å². The van der Waals surface area contributed by atoms with E-state index in [-0.39, 0.29) is 23.0 Å². The van der Waals surface area contributed by atoms with Gasteiger partial charge in [-0.05, 0) is 73.4 Å². The van der Waals surface area contributed by atoms with Crippen LogP contribution >= 0.6 is 11.6 Å². The normalized spacial score (nSPS) is 14.0. The van der Waals surface area contributed by atoms with Crippen molar-refractivity contribution in [3.63, 3.8) is 0 Å². The van der Waals surface area contributed by atoms with Gasteiger partial charge < -0.3 is 29.1 Å². The fraction of sp³-hybridized carbons (Fsp3) is 0.167. The summed E-state index contributed by atoms with van der Waals surface area (Å²) in [6.45, 7) is 6.09. The molecule has 0 saturated heterocycles. The summed E-state index contributed by atoms with van der Waals surface area (Å²) in [6.07, 6.45) is 0. The van der Waals surface area contributed by atoms with E-state index in [0.717, 1.165) is 27.6 Å². The van der Waals surface area contributed by atoms with Gasteiger partial charge in [-0.1, -0.05) is 48.0 Å². The first-order valence-corrected chi connectivity index (χ1v) is 14.5. The highest BCUT2D eigenvalue weighted by atomic mass is 35.5. The minimum absolute atomic E-state index is 0.0421. The van der Waals surface area contributed by atoms with Crippen molar-refractivity contribution in [2.24, 2.45) is 5.73 Å². The molecule has 1 unspecified atom stereocenters. The van der Waals surface area contributed by atoms with E-state index in [9.17, 15) is 10.1 Å². The van der Waals surface area contributed by atoms with Gasteiger partial charge in [0.1, 0.15) is 35.3 Å². The Kier molecular flexibility index (Phi) is 7.88. The maximum Gasteiger partial charge on any atom is 0.379 e.